The minimum absolute atomic E-state index is 0.0236. The SMILES string of the molecule is CC1CN(CCCNC(=O)C2CCN(c3ncc(C(F)(F)F)cc3Cl)CC2)CC(C)O1. The van der Waals surface area contributed by atoms with Crippen molar-refractivity contribution in [3.05, 3.63) is 22.8 Å². The largest absolute Gasteiger partial charge is 0.417 e. The molecular weight excluding hydrogens is 433 g/mol. The number of nitrogens with zero attached hydrogens (tertiary/aromatic N) is 3. The molecule has 0 spiro atoms. The first kappa shape index (κ1) is 24.1. The number of aromatic nitrogens is 1. The van der Waals surface area contributed by atoms with E-state index >= 15 is 0 Å². The Morgan fingerprint density at radius 1 is 1.26 bits per heavy atom. The Morgan fingerprint density at radius 2 is 1.90 bits per heavy atom. The number of nitrogens with one attached hydrogen (secondary N) is 1. The molecule has 1 amide bonds. The van der Waals surface area contributed by atoms with Gasteiger partial charge >= 0.3 is 6.18 Å². The Bertz CT molecular complexity index is 747. The topological polar surface area (TPSA) is 57.7 Å². The summed E-state index contributed by atoms with van der Waals surface area (Å²) in [6.45, 7) is 8.59. The monoisotopic (exact) mass is 462 g/mol. The first-order valence-electron chi connectivity index (χ1n) is 10.8. The van der Waals surface area contributed by atoms with Gasteiger partial charge in [-0.2, -0.15) is 13.2 Å². The van der Waals surface area contributed by atoms with E-state index in [4.69, 9.17) is 16.3 Å². The number of hydrogen-bond acceptors (Lipinski definition) is 5. The molecule has 0 aromatic carbocycles. The van der Waals surface area contributed by atoms with E-state index in [1.54, 1.807) is 0 Å². The number of halogens is 4. The van der Waals surface area contributed by atoms with Gasteiger partial charge in [0.25, 0.3) is 0 Å². The zero-order valence-electron chi connectivity index (χ0n) is 17.9. The normalized spacial score (nSPS) is 23.7. The van der Waals surface area contributed by atoms with Crippen LogP contribution in [-0.2, 0) is 15.7 Å². The average molecular weight is 463 g/mol. The summed E-state index contributed by atoms with van der Waals surface area (Å²) in [5.74, 6) is 0.269. The van der Waals surface area contributed by atoms with E-state index in [1.807, 2.05) is 4.90 Å². The lowest BCUT2D eigenvalue weighted by molar-refractivity contribution is -0.137. The highest BCUT2D eigenvalue weighted by atomic mass is 35.5. The third-order valence-electron chi connectivity index (χ3n) is 5.76. The van der Waals surface area contributed by atoms with Crippen LogP contribution in [0.2, 0.25) is 5.02 Å². The third kappa shape index (κ3) is 6.70. The maximum atomic E-state index is 12.8. The number of carbonyl (C=O) groups excluding carboxylic acids is 1. The summed E-state index contributed by atoms with van der Waals surface area (Å²) >= 11 is 6.04. The van der Waals surface area contributed by atoms with E-state index in [-0.39, 0.29) is 29.1 Å². The van der Waals surface area contributed by atoms with E-state index in [0.29, 0.717) is 38.3 Å². The summed E-state index contributed by atoms with van der Waals surface area (Å²) in [4.78, 5) is 20.6. The van der Waals surface area contributed by atoms with Gasteiger partial charge in [-0.3, -0.25) is 9.69 Å². The van der Waals surface area contributed by atoms with Gasteiger partial charge in [-0.05, 0) is 39.2 Å². The number of pyridine rings is 1. The number of amides is 1. The molecule has 2 fully saturated rings. The van der Waals surface area contributed by atoms with Crippen molar-refractivity contribution in [3.63, 3.8) is 0 Å². The summed E-state index contributed by atoms with van der Waals surface area (Å²) in [6, 6.07) is 0.901. The second kappa shape index (κ2) is 10.4. The van der Waals surface area contributed by atoms with Crippen molar-refractivity contribution < 1.29 is 22.7 Å². The molecule has 1 N–H and O–H groups in total. The molecule has 174 valence electrons. The predicted octanol–water partition coefficient (Wildman–Crippen LogP) is 3.59. The van der Waals surface area contributed by atoms with Gasteiger partial charge < -0.3 is 15.0 Å². The van der Waals surface area contributed by atoms with Crippen molar-refractivity contribution in [2.75, 3.05) is 44.2 Å². The lowest BCUT2D eigenvalue weighted by atomic mass is 9.96. The first-order chi connectivity index (χ1) is 14.6. The van der Waals surface area contributed by atoms with Gasteiger partial charge in [-0.25, -0.2) is 4.98 Å². The lowest BCUT2D eigenvalue weighted by Crippen LogP contribution is -2.46. The minimum Gasteiger partial charge on any atom is -0.373 e. The number of hydrogen-bond donors (Lipinski definition) is 1. The fourth-order valence-electron chi connectivity index (χ4n) is 4.30. The van der Waals surface area contributed by atoms with Crippen molar-refractivity contribution in [1.82, 2.24) is 15.2 Å². The predicted molar refractivity (Wildman–Crippen MR) is 113 cm³/mol. The fraction of sp³-hybridized carbons (Fsp3) is 0.714. The molecule has 6 nitrogen and oxygen atoms in total. The van der Waals surface area contributed by atoms with Crippen LogP contribution < -0.4 is 10.2 Å². The number of anilines is 1. The van der Waals surface area contributed by atoms with Crippen molar-refractivity contribution >= 4 is 23.3 Å². The molecule has 2 unspecified atom stereocenters. The van der Waals surface area contributed by atoms with Crippen molar-refractivity contribution in [2.45, 2.75) is 51.5 Å². The molecule has 0 aliphatic carbocycles. The minimum atomic E-state index is -4.47. The molecule has 10 heteroatoms. The summed E-state index contributed by atoms with van der Waals surface area (Å²) in [6.07, 6.45) is -1.09. The van der Waals surface area contributed by atoms with E-state index in [9.17, 15) is 18.0 Å². The van der Waals surface area contributed by atoms with Crippen LogP contribution >= 0.6 is 11.6 Å². The number of rotatable bonds is 6. The van der Waals surface area contributed by atoms with Crippen LogP contribution in [0.5, 0.6) is 0 Å². The second-order valence-electron chi connectivity index (χ2n) is 8.45. The van der Waals surface area contributed by atoms with Crippen LogP contribution in [0.4, 0.5) is 19.0 Å². The van der Waals surface area contributed by atoms with Crippen LogP contribution in [0.3, 0.4) is 0 Å². The average Bonchev–Trinajstić information content (AvgIpc) is 2.70. The maximum Gasteiger partial charge on any atom is 0.417 e. The zero-order valence-corrected chi connectivity index (χ0v) is 18.7. The Labute approximate surface area is 186 Å². The van der Waals surface area contributed by atoms with Gasteiger partial charge in [0.15, 0.2) is 0 Å². The van der Waals surface area contributed by atoms with E-state index in [0.717, 1.165) is 38.3 Å². The molecule has 1 aromatic heterocycles. The molecule has 2 aliphatic rings. The summed E-state index contributed by atoms with van der Waals surface area (Å²) in [5, 5.41) is 3.00. The maximum absolute atomic E-state index is 12.8. The van der Waals surface area contributed by atoms with Crippen molar-refractivity contribution in [1.29, 1.82) is 0 Å². The molecule has 2 saturated heterocycles. The van der Waals surface area contributed by atoms with Crippen molar-refractivity contribution in [2.24, 2.45) is 5.92 Å². The highest BCUT2D eigenvalue weighted by Gasteiger charge is 2.33. The van der Waals surface area contributed by atoms with Crippen LogP contribution in [-0.4, -0.2) is 67.3 Å². The molecular formula is C21H30ClF3N4O2. The molecule has 3 rings (SSSR count). The number of morpholine rings is 1. The van der Waals surface area contributed by atoms with Gasteiger partial charge in [-0.15, -0.1) is 0 Å². The van der Waals surface area contributed by atoms with E-state index < -0.39 is 11.7 Å². The van der Waals surface area contributed by atoms with Crippen LogP contribution in [0.1, 0.15) is 38.7 Å². The molecule has 3 heterocycles. The number of ether oxygens (including phenoxy) is 1. The standard InChI is InChI=1S/C21H30ClF3N4O2/c1-14-12-28(13-15(2)31-14)7-3-6-26-20(30)16-4-8-29(9-5-16)19-18(22)10-17(11-27-19)21(23,24)25/h10-11,14-16H,3-9,12-13H2,1-2H3,(H,26,30). The summed E-state index contributed by atoms with van der Waals surface area (Å²) < 4.78 is 44.1. The van der Waals surface area contributed by atoms with Crippen molar-refractivity contribution in [3.8, 4) is 0 Å². The van der Waals surface area contributed by atoms with Gasteiger partial charge in [-0.1, -0.05) is 11.6 Å². The zero-order chi connectivity index (χ0) is 22.6. The lowest BCUT2D eigenvalue weighted by Gasteiger charge is -2.35. The number of carbonyl (C=O) groups is 1. The highest BCUT2D eigenvalue weighted by molar-refractivity contribution is 6.33. The van der Waals surface area contributed by atoms with Gasteiger partial charge in [0.1, 0.15) is 5.82 Å². The Morgan fingerprint density at radius 3 is 2.48 bits per heavy atom. The highest BCUT2D eigenvalue weighted by Crippen LogP contribution is 2.34. The second-order valence-corrected chi connectivity index (χ2v) is 8.86. The molecule has 0 radical (unpaired) electrons. The van der Waals surface area contributed by atoms with Gasteiger partial charge in [0.05, 0.1) is 22.8 Å². The van der Waals surface area contributed by atoms with E-state index in [1.165, 1.54) is 0 Å². The Hall–Kier alpha value is -1.58. The molecule has 2 atom stereocenters. The smallest absolute Gasteiger partial charge is 0.373 e. The van der Waals surface area contributed by atoms with Gasteiger partial charge in [0, 0.05) is 51.4 Å². The third-order valence-corrected chi connectivity index (χ3v) is 6.04. The van der Waals surface area contributed by atoms with Crippen LogP contribution in [0.25, 0.3) is 0 Å². The molecule has 31 heavy (non-hydrogen) atoms. The Balaban J connectivity index is 1.40. The fourth-order valence-corrected chi connectivity index (χ4v) is 4.58. The molecule has 1 aromatic rings. The quantitative estimate of drug-likeness (QED) is 0.655. The number of piperidine rings is 1. The number of alkyl halides is 3. The van der Waals surface area contributed by atoms with Crippen LogP contribution in [0.15, 0.2) is 12.3 Å². The van der Waals surface area contributed by atoms with E-state index in [2.05, 4.69) is 29.0 Å². The first-order valence-corrected chi connectivity index (χ1v) is 11.1. The summed E-state index contributed by atoms with van der Waals surface area (Å²) in [5.41, 5.74) is -0.864. The summed E-state index contributed by atoms with van der Waals surface area (Å²) in [7, 11) is 0. The van der Waals surface area contributed by atoms with Gasteiger partial charge in [0.2, 0.25) is 5.91 Å². The molecule has 0 saturated carbocycles. The van der Waals surface area contributed by atoms with Crippen LogP contribution in [0, 0.1) is 5.92 Å². The molecule has 2 aliphatic heterocycles. The molecule has 0 bridgehead atoms. The Kier molecular flexibility index (Phi) is 8.04.